The van der Waals surface area contributed by atoms with E-state index in [0.717, 1.165) is 11.3 Å². The van der Waals surface area contributed by atoms with Gasteiger partial charge in [0.2, 0.25) is 11.7 Å². The lowest BCUT2D eigenvalue weighted by Gasteiger charge is -2.05. The highest BCUT2D eigenvalue weighted by Gasteiger charge is 2.32. The van der Waals surface area contributed by atoms with Crippen LogP contribution in [0.4, 0.5) is 13.2 Å². The molecule has 0 N–H and O–H groups in total. The van der Waals surface area contributed by atoms with Crippen molar-refractivity contribution in [2.75, 3.05) is 7.11 Å². The SMILES string of the molecule is COc1ccc(Oc2nc(-c3c(CC(F)(F)F)nc4ncccn34)cs2)cn1. The number of methoxy groups -OCH3 is 1. The van der Waals surface area contributed by atoms with Crippen LogP contribution in [0.2, 0.25) is 0 Å². The van der Waals surface area contributed by atoms with E-state index >= 15 is 0 Å². The van der Waals surface area contributed by atoms with E-state index in [1.165, 1.54) is 23.9 Å². The number of fused-ring (bicyclic) bond motifs is 1. The van der Waals surface area contributed by atoms with Gasteiger partial charge < -0.3 is 9.47 Å². The summed E-state index contributed by atoms with van der Waals surface area (Å²) in [6.07, 6.45) is -1.06. The zero-order valence-corrected chi connectivity index (χ0v) is 15.2. The van der Waals surface area contributed by atoms with E-state index in [4.69, 9.17) is 9.47 Å². The molecule has 4 heterocycles. The van der Waals surface area contributed by atoms with Gasteiger partial charge in [0.25, 0.3) is 5.19 Å². The first-order valence-corrected chi connectivity index (χ1v) is 8.83. The van der Waals surface area contributed by atoms with Crippen molar-refractivity contribution in [2.45, 2.75) is 12.6 Å². The van der Waals surface area contributed by atoms with E-state index in [1.54, 1.807) is 29.8 Å². The van der Waals surface area contributed by atoms with Crippen LogP contribution in [0.5, 0.6) is 16.8 Å². The van der Waals surface area contributed by atoms with E-state index in [9.17, 15) is 13.2 Å². The molecule has 0 bridgehead atoms. The van der Waals surface area contributed by atoms with Crippen LogP contribution in [-0.4, -0.2) is 37.6 Å². The fourth-order valence-corrected chi connectivity index (χ4v) is 3.25. The molecule has 144 valence electrons. The first kappa shape index (κ1) is 18.2. The number of pyridine rings is 1. The minimum atomic E-state index is -4.41. The number of rotatable bonds is 5. The summed E-state index contributed by atoms with van der Waals surface area (Å²) in [4.78, 5) is 16.4. The molecule has 7 nitrogen and oxygen atoms in total. The van der Waals surface area contributed by atoms with Gasteiger partial charge in [0, 0.05) is 23.8 Å². The summed E-state index contributed by atoms with van der Waals surface area (Å²) in [6.45, 7) is 0. The smallest absolute Gasteiger partial charge is 0.394 e. The minimum absolute atomic E-state index is 0.144. The van der Waals surface area contributed by atoms with Crippen LogP contribution in [0.1, 0.15) is 5.69 Å². The maximum absolute atomic E-state index is 13.0. The normalized spacial score (nSPS) is 11.7. The number of aromatic nitrogens is 5. The number of imidazole rings is 1. The third-order valence-electron chi connectivity index (χ3n) is 3.69. The van der Waals surface area contributed by atoms with E-state index in [0.29, 0.717) is 17.3 Å². The molecule has 11 heteroatoms. The Morgan fingerprint density at radius 3 is 2.75 bits per heavy atom. The first-order chi connectivity index (χ1) is 13.4. The van der Waals surface area contributed by atoms with Crippen molar-refractivity contribution in [1.29, 1.82) is 0 Å². The Morgan fingerprint density at radius 2 is 2.04 bits per heavy atom. The topological polar surface area (TPSA) is 74.4 Å². The first-order valence-electron chi connectivity index (χ1n) is 7.95. The number of nitrogens with zero attached hydrogens (tertiary/aromatic N) is 5. The van der Waals surface area contributed by atoms with E-state index in [-0.39, 0.29) is 22.4 Å². The van der Waals surface area contributed by atoms with Gasteiger partial charge in [-0.05, 0) is 12.1 Å². The van der Waals surface area contributed by atoms with Gasteiger partial charge >= 0.3 is 6.18 Å². The van der Waals surface area contributed by atoms with Gasteiger partial charge in [0.1, 0.15) is 11.4 Å². The molecule has 0 aromatic carbocycles. The van der Waals surface area contributed by atoms with Crippen molar-refractivity contribution >= 4 is 17.1 Å². The predicted molar refractivity (Wildman–Crippen MR) is 94.7 cm³/mol. The van der Waals surface area contributed by atoms with Crippen molar-refractivity contribution < 1.29 is 22.6 Å². The largest absolute Gasteiger partial charge is 0.481 e. The Morgan fingerprint density at radius 1 is 1.18 bits per heavy atom. The zero-order chi connectivity index (χ0) is 19.7. The highest BCUT2D eigenvalue weighted by atomic mass is 32.1. The Kier molecular flexibility index (Phi) is 4.59. The predicted octanol–water partition coefficient (Wildman–Crippen LogP) is 4.15. The lowest BCUT2D eigenvalue weighted by atomic mass is 10.2. The second-order valence-electron chi connectivity index (χ2n) is 5.63. The Balaban J connectivity index is 1.69. The third kappa shape index (κ3) is 3.74. The van der Waals surface area contributed by atoms with Crippen LogP contribution in [0.25, 0.3) is 17.2 Å². The highest BCUT2D eigenvalue weighted by molar-refractivity contribution is 7.11. The quantitative estimate of drug-likeness (QED) is 0.495. The maximum Gasteiger partial charge on any atom is 0.394 e. The third-order valence-corrected chi connectivity index (χ3v) is 4.41. The van der Waals surface area contributed by atoms with Crippen LogP contribution in [0.3, 0.4) is 0 Å². The van der Waals surface area contributed by atoms with Gasteiger partial charge in [0.15, 0.2) is 0 Å². The summed E-state index contributed by atoms with van der Waals surface area (Å²) in [5, 5.41) is 1.88. The zero-order valence-electron chi connectivity index (χ0n) is 14.3. The molecule has 0 amide bonds. The lowest BCUT2D eigenvalue weighted by Crippen LogP contribution is -2.12. The number of thiazole rings is 1. The molecule has 28 heavy (non-hydrogen) atoms. The maximum atomic E-state index is 13.0. The molecule has 0 unspecified atom stereocenters. The average Bonchev–Trinajstić information content (AvgIpc) is 3.24. The van der Waals surface area contributed by atoms with E-state index in [2.05, 4.69) is 19.9 Å². The van der Waals surface area contributed by atoms with Crippen molar-refractivity contribution in [1.82, 2.24) is 24.3 Å². The highest BCUT2D eigenvalue weighted by Crippen LogP contribution is 2.34. The van der Waals surface area contributed by atoms with Gasteiger partial charge in [-0.2, -0.15) is 13.2 Å². The van der Waals surface area contributed by atoms with Crippen LogP contribution in [-0.2, 0) is 6.42 Å². The van der Waals surface area contributed by atoms with Gasteiger partial charge in [-0.3, -0.25) is 4.40 Å². The molecule has 0 radical (unpaired) electrons. The molecule has 0 fully saturated rings. The van der Waals surface area contributed by atoms with Crippen LogP contribution >= 0.6 is 11.3 Å². The molecular weight excluding hydrogens is 395 g/mol. The summed E-state index contributed by atoms with van der Waals surface area (Å²) in [6, 6.07) is 4.89. The molecule has 4 aromatic rings. The number of alkyl halides is 3. The van der Waals surface area contributed by atoms with Gasteiger partial charge in [-0.1, -0.05) is 11.3 Å². The minimum Gasteiger partial charge on any atom is -0.481 e. The summed E-state index contributed by atoms with van der Waals surface area (Å²) in [7, 11) is 1.50. The van der Waals surface area contributed by atoms with Crippen molar-refractivity contribution in [3.05, 3.63) is 47.9 Å². The molecule has 0 saturated carbocycles. The van der Waals surface area contributed by atoms with Crippen molar-refractivity contribution in [2.24, 2.45) is 0 Å². The van der Waals surface area contributed by atoms with Crippen LogP contribution < -0.4 is 9.47 Å². The summed E-state index contributed by atoms with van der Waals surface area (Å²) >= 11 is 1.15. The standard InChI is InChI=1S/C17H12F3N5O2S/c1-26-13-4-3-10(8-22-13)27-16-24-12(9-28-16)14-11(7-17(18,19)20)23-15-21-5-2-6-25(14)15/h2-6,8-9H,7H2,1H3. The second-order valence-corrected chi connectivity index (χ2v) is 6.45. The number of halogens is 3. The van der Waals surface area contributed by atoms with Crippen LogP contribution in [0, 0.1) is 0 Å². The van der Waals surface area contributed by atoms with Gasteiger partial charge in [0.05, 0.1) is 31.1 Å². The second kappa shape index (κ2) is 7.08. The molecule has 4 aromatic heterocycles. The average molecular weight is 407 g/mol. The lowest BCUT2D eigenvalue weighted by molar-refractivity contribution is -0.127. The number of hydrogen-bond acceptors (Lipinski definition) is 7. The molecule has 0 atom stereocenters. The Bertz CT molecular complexity index is 1110. The number of hydrogen-bond donors (Lipinski definition) is 0. The summed E-state index contributed by atoms with van der Waals surface area (Å²) < 4.78 is 51.1. The summed E-state index contributed by atoms with van der Waals surface area (Å²) in [5.41, 5.74) is 0.412. The van der Waals surface area contributed by atoms with Gasteiger partial charge in [-0.25, -0.2) is 19.9 Å². The monoisotopic (exact) mass is 407 g/mol. The molecule has 0 spiro atoms. The molecular formula is C17H12F3N5O2S. The van der Waals surface area contributed by atoms with E-state index < -0.39 is 12.6 Å². The van der Waals surface area contributed by atoms with Crippen LogP contribution in [0.15, 0.2) is 42.2 Å². The fraction of sp³-hybridized carbons (Fsp3) is 0.176. The molecule has 0 saturated heterocycles. The summed E-state index contributed by atoms with van der Waals surface area (Å²) in [5.74, 6) is 1.03. The Labute approximate surface area is 160 Å². The van der Waals surface area contributed by atoms with Crippen molar-refractivity contribution in [3.63, 3.8) is 0 Å². The van der Waals surface area contributed by atoms with Crippen molar-refractivity contribution in [3.8, 4) is 28.2 Å². The van der Waals surface area contributed by atoms with E-state index in [1.807, 2.05) is 0 Å². The molecule has 4 rings (SSSR count). The number of ether oxygens (including phenoxy) is 2. The fourth-order valence-electron chi connectivity index (χ4n) is 2.58. The van der Waals surface area contributed by atoms with Gasteiger partial charge in [-0.15, -0.1) is 0 Å². The Hall–Kier alpha value is -3.21. The molecule has 0 aliphatic carbocycles. The molecule has 0 aliphatic rings. The molecule has 0 aliphatic heterocycles.